The third-order valence-electron chi connectivity index (χ3n) is 1.64. The monoisotopic (exact) mass is 242 g/mol. The highest BCUT2D eigenvalue weighted by Gasteiger charge is 2.02. The van der Waals surface area contributed by atoms with Crippen LogP contribution in [0.25, 0.3) is 10.9 Å². The fraction of sp³-hybridized carbons (Fsp3) is 0. The minimum atomic E-state index is -0.442. The van der Waals surface area contributed by atoms with Crippen molar-refractivity contribution < 1.29 is 4.39 Å². The van der Waals surface area contributed by atoms with Gasteiger partial charge >= 0.3 is 0 Å². The van der Waals surface area contributed by atoms with Gasteiger partial charge in [-0.15, -0.1) is 0 Å². The second-order valence-electron chi connectivity index (χ2n) is 2.52. The summed E-state index contributed by atoms with van der Waals surface area (Å²) in [6.45, 7) is 0. The molecular formula is C8H4BrFN2O. The summed E-state index contributed by atoms with van der Waals surface area (Å²) in [6.07, 6.45) is 0. The highest BCUT2D eigenvalue weighted by atomic mass is 79.9. The number of aromatic amines is 1. The number of aromatic nitrogens is 2. The third-order valence-corrected chi connectivity index (χ3v) is 2.01. The van der Waals surface area contributed by atoms with E-state index >= 15 is 0 Å². The Morgan fingerprint density at radius 1 is 1.46 bits per heavy atom. The molecule has 0 aliphatic rings. The Morgan fingerprint density at radius 2 is 2.23 bits per heavy atom. The van der Waals surface area contributed by atoms with Crippen molar-refractivity contribution in [2.24, 2.45) is 0 Å². The van der Waals surface area contributed by atoms with E-state index in [9.17, 15) is 9.18 Å². The lowest BCUT2D eigenvalue weighted by Crippen LogP contribution is -2.08. The summed E-state index contributed by atoms with van der Waals surface area (Å²) in [5.74, 6) is -0.442. The molecule has 1 aromatic carbocycles. The number of hydrogen-bond donors (Lipinski definition) is 1. The molecule has 0 atom stereocenters. The molecule has 0 radical (unpaired) electrons. The zero-order valence-electron chi connectivity index (χ0n) is 6.34. The lowest BCUT2D eigenvalue weighted by molar-refractivity contribution is 0.629. The van der Waals surface area contributed by atoms with E-state index in [1.165, 1.54) is 12.1 Å². The summed E-state index contributed by atoms with van der Waals surface area (Å²) in [5, 5.41) is 0.253. The lowest BCUT2D eigenvalue weighted by atomic mass is 10.2. The highest BCUT2D eigenvalue weighted by Crippen LogP contribution is 2.10. The Morgan fingerprint density at radius 3 is 3.00 bits per heavy atom. The first kappa shape index (κ1) is 8.37. The molecule has 2 aromatic rings. The largest absolute Gasteiger partial charge is 0.301 e. The fourth-order valence-corrected chi connectivity index (χ4v) is 1.45. The first-order valence-corrected chi connectivity index (χ1v) is 4.31. The molecule has 0 fully saturated rings. The maximum absolute atomic E-state index is 12.7. The molecule has 0 aliphatic carbocycles. The summed E-state index contributed by atoms with van der Waals surface area (Å²) < 4.78 is 13.1. The van der Waals surface area contributed by atoms with Gasteiger partial charge in [-0.3, -0.25) is 4.79 Å². The molecule has 1 N–H and O–H groups in total. The summed E-state index contributed by atoms with van der Waals surface area (Å²) in [7, 11) is 0. The average molecular weight is 243 g/mol. The Bertz CT molecular complexity index is 523. The van der Waals surface area contributed by atoms with Crippen molar-refractivity contribution in [2.45, 2.75) is 0 Å². The number of halogens is 2. The molecule has 1 heterocycles. The molecule has 0 unspecified atom stereocenters. The van der Waals surface area contributed by atoms with Gasteiger partial charge in [0.25, 0.3) is 5.56 Å². The van der Waals surface area contributed by atoms with Crippen LogP contribution in [0.4, 0.5) is 4.39 Å². The van der Waals surface area contributed by atoms with E-state index < -0.39 is 5.82 Å². The second kappa shape index (κ2) is 2.92. The van der Waals surface area contributed by atoms with Crippen LogP contribution in [0.1, 0.15) is 0 Å². The Hall–Kier alpha value is -1.23. The molecule has 0 amide bonds. The van der Waals surface area contributed by atoms with Gasteiger partial charge in [-0.1, -0.05) is 0 Å². The van der Waals surface area contributed by atoms with Crippen LogP contribution in [-0.4, -0.2) is 9.97 Å². The number of nitrogens with one attached hydrogen (secondary N) is 1. The number of benzene rings is 1. The predicted molar refractivity (Wildman–Crippen MR) is 50.0 cm³/mol. The first-order chi connectivity index (χ1) is 6.16. The van der Waals surface area contributed by atoms with Gasteiger partial charge in [-0.2, -0.15) is 0 Å². The number of H-pyrrole nitrogens is 1. The van der Waals surface area contributed by atoms with E-state index in [1.54, 1.807) is 0 Å². The molecule has 0 saturated heterocycles. The van der Waals surface area contributed by atoms with Crippen molar-refractivity contribution >= 4 is 26.8 Å². The first-order valence-electron chi connectivity index (χ1n) is 3.52. The van der Waals surface area contributed by atoms with Gasteiger partial charge in [-0.25, -0.2) is 9.37 Å². The van der Waals surface area contributed by atoms with E-state index in [1.807, 2.05) is 0 Å². The molecule has 0 spiro atoms. The molecule has 66 valence electrons. The van der Waals surface area contributed by atoms with Gasteiger partial charge in [0.1, 0.15) is 5.82 Å². The van der Waals surface area contributed by atoms with Gasteiger partial charge in [0.05, 0.1) is 10.9 Å². The van der Waals surface area contributed by atoms with Crippen molar-refractivity contribution in [3.05, 3.63) is 39.1 Å². The molecule has 0 aliphatic heterocycles. The summed E-state index contributed by atoms with van der Waals surface area (Å²) in [4.78, 5) is 17.7. The van der Waals surface area contributed by atoms with Crippen molar-refractivity contribution in [3.63, 3.8) is 0 Å². The normalized spacial score (nSPS) is 10.6. The third kappa shape index (κ3) is 1.47. The van der Waals surface area contributed by atoms with Crippen LogP contribution in [-0.2, 0) is 0 Å². The molecule has 0 saturated carbocycles. The van der Waals surface area contributed by atoms with E-state index in [4.69, 9.17) is 0 Å². The fourth-order valence-electron chi connectivity index (χ4n) is 1.08. The van der Waals surface area contributed by atoms with Crippen LogP contribution in [0, 0.1) is 5.82 Å². The minimum absolute atomic E-state index is 0.253. The van der Waals surface area contributed by atoms with Gasteiger partial charge in [0.15, 0.2) is 4.73 Å². The second-order valence-corrected chi connectivity index (χ2v) is 3.27. The van der Waals surface area contributed by atoms with E-state index in [2.05, 4.69) is 25.9 Å². The molecule has 13 heavy (non-hydrogen) atoms. The van der Waals surface area contributed by atoms with Crippen molar-refractivity contribution in [3.8, 4) is 0 Å². The molecule has 5 heteroatoms. The van der Waals surface area contributed by atoms with Crippen molar-refractivity contribution in [1.29, 1.82) is 0 Å². The van der Waals surface area contributed by atoms with Crippen LogP contribution in [0.5, 0.6) is 0 Å². The molecular weight excluding hydrogens is 239 g/mol. The minimum Gasteiger partial charge on any atom is -0.301 e. The van der Waals surface area contributed by atoms with Crippen LogP contribution >= 0.6 is 15.9 Å². The number of rotatable bonds is 0. The van der Waals surface area contributed by atoms with E-state index in [0.717, 1.165) is 6.07 Å². The summed E-state index contributed by atoms with van der Waals surface area (Å²) >= 11 is 3.04. The number of hydrogen-bond acceptors (Lipinski definition) is 2. The van der Waals surface area contributed by atoms with Gasteiger partial charge < -0.3 is 4.98 Å². The molecule has 2 rings (SSSR count). The SMILES string of the molecule is O=c1[nH]c(Br)nc2ccc(F)cc12. The van der Waals surface area contributed by atoms with Crippen LogP contribution in [0.15, 0.2) is 27.7 Å². The highest BCUT2D eigenvalue weighted by molar-refractivity contribution is 9.10. The van der Waals surface area contributed by atoms with Gasteiger partial charge in [0.2, 0.25) is 0 Å². The van der Waals surface area contributed by atoms with Gasteiger partial charge in [0, 0.05) is 0 Å². The van der Waals surface area contributed by atoms with Crippen molar-refractivity contribution in [1.82, 2.24) is 9.97 Å². The molecule has 3 nitrogen and oxygen atoms in total. The zero-order chi connectivity index (χ0) is 9.42. The quantitative estimate of drug-likeness (QED) is 0.717. The van der Waals surface area contributed by atoms with Crippen molar-refractivity contribution in [2.75, 3.05) is 0 Å². The number of nitrogens with zero attached hydrogens (tertiary/aromatic N) is 1. The van der Waals surface area contributed by atoms with E-state index in [-0.39, 0.29) is 10.9 Å². The summed E-state index contributed by atoms with van der Waals surface area (Å²) in [5.41, 5.74) is 0.119. The predicted octanol–water partition coefficient (Wildman–Crippen LogP) is 1.82. The maximum atomic E-state index is 12.7. The Kier molecular flexibility index (Phi) is 1.88. The standard InChI is InChI=1S/C8H4BrFN2O/c9-8-11-6-2-1-4(10)3-5(6)7(13)12-8/h1-3H,(H,11,12,13). The van der Waals surface area contributed by atoms with Crippen LogP contribution in [0.2, 0.25) is 0 Å². The topological polar surface area (TPSA) is 45.8 Å². The smallest absolute Gasteiger partial charge is 0.259 e. The Labute approximate surface area is 80.7 Å². The van der Waals surface area contributed by atoms with Crippen LogP contribution < -0.4 is 5.56 Å². The Balaban J connectivity index is 2.95. The summed E-state index contributed by atoms with van der Waals surface area (Å²) in [6, 6.07) is 3.89. The molecule has 1 aromatic heterocycles. The van der Waals surface area contributed by atoms with Gasteiger partial charge in [-0.05, 0) is 34.1 Å². The zero-order valence-corrected chi connectivity index (χ0v) is 7.93. The maximum Gasteiger partial charge on any atom is 0.259 e. The number of fused-ring (bicyclic) bond motifs is 1. The molecule has 0 bridgehead atoms. The van der Waals surface area contributed by atoms with E-state index in [0.29, 0.717) is 10.3 Å². The average Bonchev–Trinajstić information content (AvgIpc) is 2.06. The lowest BCUT2D eigenvalue weighted by Gasteiger charge is -1.96. The van der Waals surface area contributed by atoms with Crippen LogP contribution in [0.3, 0.4) is 0 Å².